The van der Waals surface area contributed by atoms with Crippen LogP contribution in [0.4, 0.5) is 22.5 Å². The van der Waals surface area contributed by atoms with Crippen molar-refractivity contribution in [3.63, 3.8) is 0 Å². The van der Waals surface area contributed by atoms with Crippen LogP contribution in [-0.2, 0) is 0 Å². The highest BCUT2D eigenvalue weighted by Gasteiger charge is 2.18. The van der Waals surface area contributed by atoms with Crippen molar-refractivity contribution in [1.29, 1.82) is 0 Å². The first kappa shape index (κ1) is 21.6. The van der Waals surface area contributed by atoms with Crippen molar-refractivity contribution in [3.8, 4) is 0 Å². The lowest BCUT2D eigenvalue weighted by Crippen LogP contribution is -2.37. The number of carbonyl (C=O) groups is 1. The molecule has 1 aliphatic heterocycles. The third-order valence-electron chi connectivity index (χ3n) is 4.91. The Labute approximate surface area is 203 Å². The molecule has 1 aliphatic rings. The van der Waals surface area contributed by atoms with Crippen LogP contribution >= 0.6 is 34.7 Å². The third-order valence-corrected chi connectivity index (χ3v) is 6.72. The summed E-state index contributed by atoms with van der Waals surface area (Å²) in [6.45, 7) is 1.97. The molecule has 1 saturated heterocycles. The Morgan fingerprint density at radius 2 is 1.91 bits per heavy atom. The number of nitrogens with one attached hydrogen (secondary N) is 2. The minimum Gasteiger partial charge on any atom is -0.356 e. The summed E-state index contributed by atoms with van der Waals surface area (Å²) in [4.78, 5) is 25.0. The van der Waals surface area contributed by atoms with Crippen molar-refractivity contribution < 1.29 is 4.79 Å². The zero-order valence-electron chi connectivity index (χ0n) is 17.2. The van der Waals surface area contributed by atoms with E-state index < -0.39 is 0 Å². The number of hydrogen-bond donors (Lipinski definition) is 2. The Kier molecular flexibility index (Phi) is 6.38. The molecule has 0 unspecified atom stereocenters. The zero-order valence-corrected chi connectivity index (χ0v) is 19.6. The second kappa shape index (κ2) is 9.74. The molecule has 0 radical (unpaired) electrons. The van der Waals surface area contributed by atoms with E-state index in [0.29, 0.717) is 32.4 Å². The Morgan fingerprint density at radius 1 is 1.09 bits per heavy atom. The minimum absolute atomic E-state index is 0.251. The summed E-state index contributed by atoms with van der Waals surface area (Å²) in [5.41, 5.74) is 2.78. The normalized spacial score (nSPS) is 12.8. The average Bonchev–Trinajstić information content (AvgIpc) is 3.27. The van der Waals surface area contributed by atoms with Crippen LogP contribution in [0.15, 0.2) is 70.2 Å². The van der Waals surface area contributed by atoms with E-state index >= 15 is 0 Å². The number of carbonyl (C=O) groups excluding carboxylic acids is 1. The number of anilines is 4. The molecule has 11 heteroatoms. The first-order valence-electron chi connectivity index (χ1n) is 10.1. The van der Waals surface area contributed by atoms with Crippen LogP contribution in [0.3, 0.4) is 0 Å². The maximum atomic E-state index is 12.5. The van der Waals surface area contributed by atoms with Crippen molar-refractivity contribution in [2.24, 2.45) is 0 Å². The fourth-order valence-corrected chi connectivity index (χ4v) is 4.56. The van der Waals surface area contributed by atoms with Crippen LogP contribution in [0.5, 0.6) is 0 Å². The summed E-state index contributed by atoms with van der Waals surface area (Å²) < 4.78 is 0. The van der Waals surface area contributed by atoms with Gasteiger partial charge in [0, 0.05) is 29.7 Å². The quantitative estimate of drug-likeness (QED) is 0.332. The van der Waals surface area contributed by atoms with Gasteiger partial charge >= 0.3 is 0 Å². The maximum Gasteiger partial charge on any atom is 0.257 e. The van der Waals surface area contributed by atoms with Crippen LogP contribution in [0.1, 0.15) is 16.8 Å². The number of benzene rings is 2. The van der Waals surface area contributed by atoms with Crippen molar-refractivity contribution in [2.45, 2.75) is 16.5 Å². The van der Waals surface area contributed by atoms with Gasteiger partial charge in [-0.05, 0) is 54.6 Å². The molecule has 5 rings (SSSR count). The van der Waals surface area contributed by atoms with Crippen molar-refractivity contribution >= 4 is 63.1 Å². The molecule has 2 N–H and O–H groups in total. The Hall–Kier alpha value is -3.21. The van der Waals surface area contributed by atoms with E-state index in [1.807, 2.05) is 30.3 Å². The molecule has 0 spiro atoms. The number of hydrogen-bond acceptors (Lipinski definition) is 9. The van der Waals surface area contributed by atoms with Crippen LogP contribution in [0.2, 0.25) is 5.02 Å². The minimum atomic E-state index is -0.251. The third kappa shape index (κ3) is 5.24. The average molecular weight is 496 g/mol. The smallest absolute Gasteiger partial charge is 0.257 e. The Morgan fingerprint density at radius 3 is 2.61 bits per heavy atom. The number of nitrogens with zero attached hydrogens (tertiary/aromatic N) is 5. The maximum absolute atomic E-state index is 12.5. The fraction of sp³-hybridized carbons (Fsp3) is 0.136. The lowest BCUT2D eigenvalue weighted by molar-refractivity contribution is 0.102. The molecule has 2 aromatic heterocycles. The largest absolute Gasteiger partial charge is 0.356 e. The van der Waals surface area contributed by atoms with E-state index in [2.05, 4.69) is 30.7 Å². The van der Waals surface area contributed by atoms with Gasteiger partial charge < -0.3 is 15.5 Å². The van der Waals surface area contributed by atoms with E-state index in [4.69, 9.17) is 16.6 Å². The van der Waals surface area contributed by atoms with Crippen molar-refractivity contribution in [2.75, 3.05) is 28.6 Å². The highest BCUT2D eigenvalue weighted by molar-refractivity contribution is 7.99. The molecular formula is C22H18ClN7OS2. The number of aromatic nitrogens is 4. The monoisotopic (exact) mass is 495 g/mol. The van der Waals surface area contributed by atoms with E-state index in [0.717, 1.165) is 30.2 Å². The summed E-state index contributed by atoms with van der Waals surface area (Å²) >= 11 is 8.98. The molecule has 1 amide bonds. The van der Waals surface area contributed by atoms with E-state index in [9.17, 15) is 4.79 Å². The van der Waals surface area contributed by atoms with Gasteiger partial charge in [0.2, 0.25) is 5.13 Å². The van der Waals surface area contributed by atoms with Crippen molar-refractivity contribution in [1.82, 2.24) is 20.2 Å². The van der Waals surface area contributed by atoms with Gasteiger partial charge in [-0.15, -0.1) is 10.2 Å². The van der Waals surface area contributed by atoms with Crippen LogP contribution in [0, 0.1) is 0 Å². The van der Waals surface area contributed by atoms with Gasteiger partial charge in [-0.2, -0.15) is 0 Å². The Bertz CT molecular complexity index is 1260. The summed E-state index contributed by atoms with van der Waals surface area (Å²) in [6, 6.07) is 16.4. The lowest BCUT2D eigenvalue weighted by Gasteiger charge is -2.32. The molecule has 0 atom stereocenters. The van der Waals surface area contributed by atoms with E-state index in [-0.39, 0.29) is 5.91 Å². The van der Waals surface area contributed by atoms with Crippen LogP contribution < -0.4 is 15.5 Å². The molecule has 8 nitrogen and oxygen atoms in total. The summed E-state index contributed by atoms with van der Waals surface area (Å²) in [5, 5.41) is 15.7. The van der Waals surface area contributed by atoms with Gasteiger partial charge in [0.25, 0.3) is 5.91 Å². The molecule has 33 heavy (non-hydrogen) atoms. The van der Waals surface area contributed by atoms with Gasteiger partial charge in [0.05, 0.1) is 10.6 Å². The van der Waals surface area contributed by atoms with Crippen LogP contribution in [0.25, 0.3) is 0 Å². The first-order valence-corrected chi connectivity index (χ1v) is 12.2. The molecule has 0 aliphatic carbocycles. The van der Waals surface area contributed by atoms with E-state index in [1.54, 1.807) is 29.8 Å². The number of rotatable bonds is 7. The van der Waals surface area contributed by atoms with Crippen LogP contribution in [-0.4, -0.2) is 39.2 Å². The van der Waals surface area contributed by atoms with Crippen molar-refractivity contribution in [3.05, 3.63) is 70.7 Å². The van der Waals surface area contributed by atoms with Gasteiger partial charge in [0.1, 0.15) is 17.1 Å². The molecule has 0 bridgehead atoms. The number of amides is 1. The zero-order chi connectivity index (χ0) is 22.6. The summed E-state index contributed by atoms with van der Waals surface area (Å²) in [6.07, 6.45) is 1.16. The molecule has 2 aromatic carbocycles. The SMILES string of the molecule is O=C(Nc1ccc(Sc2nc(Nc3nncs3)cc(N3CCC3)n2)cc1)c1ccccc1Cl. The highest BCUT2D eigenvalue weighted by atomic mass is 35.5. The topological polar surface area (TPSA) is 95.9 Å². The molecular weight excluding hydrogens is 478 g/mol. The summed E-state index contributed by atoms with van der Waals surface area (Å²) in [7, 11) is 0. The van der Waals surface area contributed by atoms with Gasteiger partial charge in [-0.3, -0.25) is 4.79 Å². The second-order valence-electron chi connectivity index (χ2n) is 7.16. The molecule has 3 heterocycles. The van der Waals surface area contributed by atoms with Gasteiger partial charge in [0.15, 0.2) is 5.16 Å². The molecule has 4 aromatic rings. The van der Waals surface area contributed by atoms with Gasteiger partial charge in [-0.25, -0.2) is 9.97 Å². The second-order valence-corrected chi connectivity index (χ2v) is 9.44. The number of halogens is 1. The first-order chi connectivity index (χ1) is 16.1. The predicted octanol–water partition coefficient (Wildman–Crippen LogP) is 5.34. The molecule has 1 fully saturated rings. The molecule has 166 valence electrons. The Balaban J connectivity index is 1.31. The predicted molar refractivity (Wildman–Crippen MR) is 132 cm³/mol. The van der Waals surface area contributed by atoms with E-state index in [1.165, 1.54) is 23.1 Å². The fourth-order valence-electron chi connectivity index (χ4n) is 3.12. The standard InChI is InChI=1S/C22H18ClN7OS2/c23-17-5-2-1-4-16(17)20(31)25-14-6-8-15(9-7-14)33-21-26-18(27-22-29-24-13-32-22)12-19(28-21)30-10-3-11-30/h1-2,4-9,12-13H,3,10-11H2,(H,25,31)(H,26,27,28,29). The molecule has 0 saturated carbocycles. The lowest BCUT2D eigenvalue weighted by atomic mass is 10.2. The van der Waals surface area contributed by atoms with Gasteiger partial charge in [-0.1, -0.05) is 35.1 Å². The highest BCUT2D eigenvalue weighted by Crippen LogP contribution is 2.31. The summed E-state index contributed by atoms with van der Waals surface area (Å²) in [5.74, 6) is 1.31.